The molecule has 1 aliphatic heterocycles. The van der Waals surface area contributed by atoms with Crippen molar-refractivity contribution in [3.8, 4) is 0 Å². The maximum Gasteiger partial charge on any atom is 0.336 e. The maximum atomic E-state index is 14.0. The zero-order chi connectivity index (χ0) is 22.4. The van der Waals surface area contributed by atoms with E-state index in [0.29, 0.717) is 5.56 Å². The molecule has 0 saturated carbocycles. The summed E-state index contributed by atoms with van der Waals surface area (Å²) < 4.78 is 37.6. The largest absolute Gasteiger partial charge is 0.463 e. The molecule has 0 fully saturated rings. The average molecular weight is 427 g/mol. The van der Waals surface area contributed by atoms with Gasteiger partial charge in [0.15, 0.2) is 0 Å². The van der Waals surface area contributed by atoms with E-state index in [9.17, 15) is 18.4 Å². The predicted molar refractivity (Wildman–Crippen MR) is 111 cm³/mol. The highest BCUT2D eigenvalue weighted by Crippen LogP contribution is 2.37. The van der Waals surface area contributed by atoms with E-state index in [1.807, 2.05) is 0 Å². The molecule has 0 spiro atoms. The summed E-state index contributed by atoms with van der Waals surface area (Å²) in [6.07, 6.45) is 3.14. The average Bonchev–Trinajstić information content (AvgIpc) is 2.75. The predicted octanol–water partition coefficient (Wildman–Crippen LogP) is 4.46. The molecule has 7 heteroatoms. The highest BCUT2D eigenvalue weighted by molar-refractivity contribution is 5.98. The zero-order valence-corrected chi connectivity index (χ0v) is 17.3. The van der Waals surface area contributed by atoms with Crippen LogP contribution in [0.3, 0.4) is 0 Å². The number of nitrogens with zero attached hydrogens (tertiary/aromatic N) is 1. The molecule has 162 valence electrons. The first-order chi connectivity index (χ1) is 14.9. The first kappa shape index (κ1) is 22.2. The Hall–Kier alpha value is -3.48. The van der Waals surface area contributed by atoms with Crippen LogP contribution in [0.15, 0.2) is 72.1 Å². The van der Waals surface area contributed by atoms with Gasteiger partial charge in [-0.2, -0.15) is 0 Å². The van der Waals surface area contributed by atoms with Crippen molar-refractivity contribution in [3.05, 3.63) is 94.8 Å². The lowest BCUT2D eigenvalue weighted by Gasteiger charge is -2.30. The Morgan fingerprint density at radius 2 is 1.45 bits per heavy atom. The van der Waals surface area contributed by atoms with E-state index < -0.39 is 23.7 Å². The Balaban J connectivity index is 2.07. The lowest BCUT2D eigenvalue weighted by atomic mass is 9.83. The summed E-state index contributed by atoms with van der Waals surface area (Å²) in [7, 11) is 0. The molecular weight excluding hydrogens is 404 g/mol. The van der Waals surface area contributed by atoms with Crippen LogP contribution in [0.1, 0.15) is 30.9 Å². The van der Waals surface area contributed by atoms with Crippen LogP contribution in [-0.2, 0) is 25.6 Å². The second-order valence-electron chi connectivity index (χ2n) is 6.90. The third-order valence-electron chi connectivity index (χ3n) is 4.71. The summed E-state index contributed by atoms with van der Waals surface area (Å²) >= 11 is 0. The minimum Gasteiger partial charge on any atom is -0.463 e. The molecule has 0 radical (unpaired) electrons. The van der Waals surface area contributed by atoms with Gasteiger partial charge in [0.2, 0.25) is 0 Å². The monoisotopic (exact) mass is 427 g/mol. The van der Waals surface area contributed by atoms with Gasteiger partial charge in [-0.25, -0.2) is 18.4 Å². The molecular formula is C24H23F2NO4. The molecule has 31 heavy (non-hydrogen) atoms. The number of halogens is 2. The summed E-state index contributed by atoms with van der Waals surface area (Å²) in [5.74, 6) is -2.93. The van der Waals surface area contributed by atoms with Crippen LogP contribution >= 0.6 is 0 Å². The van der Waals surface area contributed by atoms with Crippen LogP contribution in [0.5, 0.6) is 0 Å². The third-order valence-corrected chi connectivity index (χ3v) is 4.71. The van der Waals surface area contributed by atoms with Gasteiger partial charge >= 0.3 is 11.9 Å². The minimum atomic E-state index is -0.849. The quantitative estimate of drug-likeness (QED) is 0.611. The first-order valence-electron chi connectivity index (χ1n) is 9.96. The molecule has 1 heterocycles. The van der Waals surface area contributed by atoms with Gasteiger partial charge in [0.1, 0.15) is 11.6 Å². The Morgan fingerprint density at radius 1 is 0.871 bits per heavy atom. The van der Waals surface area contributed by atoms with Gasteiger partial charge in [-0.3, -0.25) is 0 Å². The van der Waals surface area contributed by atoms with Crippen molar-refractivity contribution in [3.63, 3.8) is 0 Å². The van der Waals surface area contributed by atoms with E-state index >= 15 is 0 Å². The van der Waals surface area contributed by atoms with E-state index in [0.717, 1.165) is 5.56 Å². The number of hydrogen-bond acceptors (Lipinski definition) is 5. The summed E-state index contributed by atoms with van der Waals surface area (Å²) in [5, 5.41) is 0. The molecule has 0 aromatic heterocycles. The number of carbonyl (C=O) groups is 2. The number of esters is 2. The number of rotatable bonds is 7. The Labute approximate surface area is 179 Å². The van der Waals surface area contributed by atoms with Crippen molar-refractivity contribution in [2.24, 2.45) is 0 Å². The van der Waals surface area contributed by atoms with Gasteiger partial charge in [-0.15, -0.1) is 0 Å². The van der Waals surface area contributed by atoms with Crippen molar-refractivity contribution >= 4 is 11.9 Å². The number of benzene rings is 2. The van der Waals surface area contributed by atoms with Crippen molar-refractivity contribution < 1.29 is 27.8 Å². The molecule has 0 N–H and O–H groups in total. The van der Waals surface area contributed by atoms with E-state index in [-0.39, 0.29) is 36.7 Å². The van der Waals surface area contributed by atoms with Gasteiger partial charge < -0.3 is 14.4 Å². The SMILES string of the molecule is CCOC(=O)C1=CN(Cc2ccc(F)cc2)C=C(C(=O)OCC)C1c1cccc(F)c1. The molecule has 0 saturated heterocycles. The fourth-order valence-electron chi connectivity index (χ4n) is 3.42. The molecule has 2 aromatic rings. The van der Waals surface area contributed by atoms with E-state index in [2.05, 4.69) is 0 Å². The Bertz CT molecular complexity index is 978. The maximum absolute atomic E-state index is 14.0. The van der Waals surface area contributed by atoms with Gasteiger partial charge in [-0.1, -0.05) is 24.3 Å². The summed E-state index contributed by atoms with van der Waals surface area (Å²) in [5.41, 5.74) is 1.56. The summed E-state index contributed by atoms with van der Waals surface area (Å²) in [6, 6.07) is 11.6. The molecule has 0 aliphatic carbocycles. The highest BCUT2D eigenvalue weighted by Gasteiger charge is 2.35. The van der Waals surface area contributed by atoms with Crippen molar-refractivity contribution in [2.75, 3.05) is 13.2 Å². The van der Waals surface area contributed by atoms with E-state index in [1.165, 1.54) is 30.3 Å². The van der Waals surface area contributed by atoms with Crippen LogP contribution in [0, 0.1) is 11.6 Å². The summed E-state index contributed by atoms with van der Waals surface area (Å²) in [6.45, 7) is 3.92. The van der Waals surface area contributed by atoms with Crippen molar-refractivity contribution in [2.45, 2.75) is 26.3 Å². The minimum absolute atomic E-state index is 0.141. The molecule has 0 amide bonds. The second kappa shape index (κ2) is 10.0. The molecule has 0 atom stereocenters. The molecule has 2 aromatic carbocycles. The molecule has 3 rings (SSSR count). The van der Waals surface area contributed by atoms with Crippen molar-refractivity contribution in [1.29, 1.82) is 0 Å². The Kier molecular flexibility index (Phi) is 7.18. The smallest absolute Gasteiger partial charge is 0.336 e. The molecule has 1 aliphatic rings. The van der Waals surface area contributed by atoms with Crippen LogP contribution < -0.4 is 0 Å². The second-order valence-corrected chi connectivity index (χ2v) is 6.90. The van der Waals surface area contributed by atoms with Gasteiger partial charge in [0, 0.05) is 18.9 Å². The standard InChI is InChI=1S/C24H23F2NO4/c1-3-30-23(28)20-14-27(13-16-8-10-18(25)11-9-16)15-21(24(29)31-4-2)22(20)17-6-5-7-19(26)12-17/h5-12,14-15,22H,3-4,13H2,1-2H3. The fraction of sp³-hybridized carbons (Fsp3) is 0.250. The zero-order valence-electron chi connectivity index (χ0n) is 17.3. The number of hydrogen-bond donors (Lipinski definition) is 0. The lowest BCUT2D eigenvalue weighted by molar-refractivity contribution is -0.139. The van der Waals surface area contributed by atoms with Crippen LogP contribution in [-0.4, -0.2) is 30.1 Å². The summed E-state index contributed by atoms with van der Waals surface area (Å²) in [4.78, 5) is 27.2. The van der Waals surface area contributed by atoms with Gasteiger partial charge in [-0.05, 0) is 49.2 Å². The number of ether oxygens (including phenoxy) is 2. The third kappa shape index (κ3) is 5.36. The van der Waals surface area contributed by atoms with Crippen LogP contribution in [0.4, 0.5) is 8.78 Å². The lowest BCUT2D eigenvalue weighted by Crippen LogP contribution is -2.29. The fourth-order valence-corrected chi connectivity index (χ4v) is 3.42. The van der Waals surface area contributed by atoms with Gasteiger partial charge in [0.25, 0.3) is 0 Å². The first-order valence-corrected chi connectivity index (χ1v) is 9.96. The van der Waals surface area contributed by atoms with Crippen LogP contribution in [0.25, 0.3) is 0 Å². The van der Waals surface area contributed by atoms with Gasteiger partial charge in [0.05, 0.1) is 30.3 Å². The van der Waals surface area contributed by atoms with Crippen LogP contribution in [0.2, 0.25) is 0 Å². The Morgan fingerprint density at radius 3 is 1.97 bits per heavy atom. The topological polar surface area (TPSA) is 55.8 Å². The molecule has 0 bridgehead atoms. The molecule has 5 nitrogen and oxygen atoms in total. The van der Waals surface area contributed by atoms with Crippen molar-refractivity contribution in [1.82, 2.24) is 4.90 Å². The van der Waals surface area contributed by atoms with E-state index in [1.54, 1.807) is 49.3 Å². The highest BCUT2D eigenvalue weighted by atomic mass is 19.1. The normalized spacial score (nSPS) is 14.0. The number of carbonyl (C=O) groups excluding carboxylic acids is 2. The molecule has 0 unspecified atom stereocenters. The van der Waals surface area contributed by atoms with E-state index in [4.69, 9.17) is 9.47 Å².